The first-order valence-electron chi connectivity index (χ1n) is 13.8. The van der Waals surface area contributed by atoms with Crippen LogP contribution in [0.3, 0.4) is 0 Å². The summed E-state index contributed by atoms with van der Waals surface area (Å²) in [5, 5.41) is 11.6. The molecule has 200 valence electrons. The molecule has 9 heteroatoms. The molecule has 7 rings (SSSR count). The summed E-state index contributed by atoms with van der Waals surface area (Å²) in [5.74, 6) is 1.16. The average Bonchev–Trinajstić information content (AvgIpc) is 3.45. The van der Waals surface area contributed by atoms with E-state index in [-0.39, 0.29) is 11.0 Å². The van der Waals surface area contributed by atoms with Gasteiger partial charge >= 0.3 is 0 Å². The van der Waals surface area contributed by atoms with Crippen LogP contribution in [0, 0.1) is 12.3 Å². The molecule has 2 saturated heterocycles. The second-order valence-electron chi connectivity index (χ2n) is 11.4. The molecule has 4 aromatic rings. The van der Waals surface area contributed by atoms with Crippen molar-refractivity contribution in [2.24, 2.45) is 5.41 Å². The molecule has 0 unspecified atom stereocenters. The Balaban J connectivity index is 1.06. The van der Waals surface area contributed by atoms with Crippen molar-refractivity contribution < 1.29 is 4.74 Å². The van der Waals surface area contributed by atoms with Gasteiger partial charge in [-0.3, -0.25) is 9.36 Å². The highest BCUT2D eigenvalue weighted by Gasteiger charge is 2.50. The van der Waals surface area contributed by atoms with Crippen LogP contribution in [0.2, 0.25) is 0 Å². The predicted molar refractivity (Wildman–Crippen MR) is 149 cm³/mol. The largest absolute Gasteiger partial charge is 0.380 e. The van der Waals surface area contributed by atoms with E-state index in [1.54, 1.807) is 21.6 Å². The quantitative estimate of drug-likeness (QED) is 0.337. The van der Waals surface area contributed by atoms with E-state index in [2.05, 4.69) is 51.7 Å². The fourth-order valence-corrected chi connectivity index (χ4v) is 5.80. The first-order chi connectivity index (χ1) is 19.1. The summed E-state index contributed by atoms with van der Waals surface area (Å²) in [6, 6.07) is 17.2. The monoisotopic (exact) mass is 523 g/mol. The Morgan fingerprint density at radius 1 is 1.05 bits per heavy atom. The Bertz CT molecular complexity index is 1500. The Labute approximate surface area is 227 Å². The minimum Gasteiger partial charge on any atom is -0.380 e. The van der Waals surface area contributed by atoms with Gasteiger partial charge in [-0.25, -0.2) is 9.67 Å². The molecule has 39 heavy (non-hydrogen) atoms. The maximum absolute atomic E-state index is 13.6. The smallest absolute Gasteiger partial charge is 0.298 e. The lowest BCUT2D eigenvalue weighted by Crippen LogP contribution is -2.67. The summed E-state index contributed by atoms with van der Waals surface area (Å²) in [4.78, 5) is 20.6. The molecule has 1 N–H and O–H groups in total. The molecule has 2 aromatic heterocycles. The number of aromatic nitrogens is 5. The van der Waals surface area contributed by atoms with E-state index in [0.29, 0.717) is 17.8 Å². The zero-order valence-electron chi connectivity index (χ0n) is 22.2. The molecule has 9 nitrogen and oxygen atoms in total. The number of rotatable bonds is 9. The van der Waals surface area contributed by atoms with E-state index >= 15 is 0 Å². The molecular formula is C30H33N7O2. The van der Waals surface area contributed by atoms with Gasteiger partial charge in [-0.1, -0.05) is 35.0 Å². The van der Waals surface area contributed by atoms with Gasteiger partial charge in [-0.15, -0.1) is 5.10 Å². The Morgan fingerprint density at radius 2 is 1.82 bits per heavy atom. The van der Waals surface area contributed by atoms with Gasteiger partial charge in [0, 0.05) is 36.9 Å². The number of nitrogens with one attached hydrogen (secondary N) is 1. The highest BCUT2D eigenvalue weighted by atomic mass is 16.5. The molecule has 2 aromatic carbocycles. The third-order valence-corrected chi connectivity index (χ3v) is 8.23. The van der Waals surface area contributed by atoms with Gasteiger partial charge in [-0.05, 0) is 62.6 Å². The van der Waals surface area contributed by atoms with E-state index in [0.717, 1.165) is 62.8 Å². The van der Waals surface area contributed by atoms with Crippen molar-refractivity contribution in [3.8, 4) is 11.4 Å². The lowest BCUT2D eigenvalue weighted by Gasteiger charge is -2.55. The lowest BCUT2D eigenvalue weighted by molar-refractivity contribution is -0.127. The van der Waals surface area contributed by atoms with Crippen molar-refractivity contribution in [3.05, 3.63) is 94.3 Å². The average molecular weight is 524 g/mol. The van der Waals surface area contributed by atoms with Crippen LogP contribution in [0.15, 0.2) is 71.9 Å². The minimum atomic E-state index is -0.0839. The highest BCUT2D eigenvalue weighted by molar-refractivity contribution is 5.47. The third kappa shape index (κ3) is 4.77. The van der Waals surface area contributed by atoms with Gasteiger partial charge < -0.3 is 15.0 Å². The van der Waals surface area contributed by atoms with Crippen molar-refractivity contribution in [3.63, 3.8) is 0 Å². The molecule has 0 radical (unpaired) electrons. The van der Waals surface area contributed by atoms with Crippen LogP contribution in [-0.2, 0) is 11.2 Å². The number of benzene rings is 2. The number of nitrogens with zero attached hydrogens (tertiary/aromatic N) is 6. The second-order valence-corrected chi connectivity index (χ2v) is 11.4. The van der Waals surface area contributed by atoms with E-state index in [4.69, 9.17) is 9.72 Å². The topological polar surface area (TPSA) is 90.1 Å². The van der Waals surface area contributed by atoms with Crippen LogP contribution in [-0.4, -0.2) is 63.4 Å². The van der Waals surface area contributed by atoms with Crippen LogP contribution in [0.25, 0.3) is 11.4 Å². The zero-order chi connectivity index (χ0) is 26.4. The maximum atomic E-state index is 13.6. The maximum Gasteiger partial charge on any atom is 0.298 e. The van der Waals surface area contributed by atoms with Crippen molar-refractivity contribution >= 4 is 5.82 Å². The second kappa shape index (κ2) is 9.73. The van der Waals surface area contributed by atoms with Crippen molar-refractivity contribution in [2.45, 2.75) is 38.1 Å². The molecule has 0 bridgehead atoms. The van der Waals surface area contributed by atoms with Crippen LogP contribution >= 0.6 is 0 Å². The van der Waals surface area contributed by atoms with Crippen LogP contribution in [0.4, 0.5) is 5.82 Å². The molecule has 1 spiro atoms. The number of aryl methyl sites for hydroxylation is 2. The Kier molecular flexibility index (Phi) is 6.05. The molecule has 1 saturated carbocycles. The first kappa shape index (κ1) is 24.2. The summed E-state index contributed by atoms with van der Waals surface area (Å²) in [6.45, 7) is 6.26. The highest BCUT2D eigenvalue weighted by Crippen LogP contribution is 2.41. The number of hydrogen-bond donors (Lipinski definition) is 1. The van der Waals surface area contributed by atoms with Gasteiger partial charge in [0.1, 0.15) is 0 Å². The molecular weight excluding hydrogens is 490 g/mol. The summed E-state index contributed by atoms with van der Waals surface area (Å²) >= 11 is 0. The number of anilines is 1. The van der Waals surface area contributed by atoms with Gasteiger partial charge in [0.25, 0.3) is 5.56 Å². The Hall–Kier alpha value is -3.82. The predicted octanol–water partition coefficient (Wildman–Crippen LogP) is 3.04. The molecule has 3 fully saturated rings. The molecule has 0 amide bonds. The van der Waals surface area contributed by atoms with Gasteiger partial charge in [0.15, 0.2) is 5.82 Å². The van der Waals surface area contributed by atoms with Crippen LogP contribution in [0.1, 0.15) is 35.6 Å². The van der Waals surface area contributed by atoms with Gasteiger partial charge in [-0.2, -0.15) is 0 Å². The normalized spacial score (nSPS) is 21.0. The summed E-state index contributed by atoms with van der Waals surface area (Å²) in [5.41, 5.74) is 5.49. The molecule has 4 heterocycles. The summed E-state index contributed by atoms with van der Waals surface area (Å²) in [6.07, 6.45) is 8.32. The zero-order valence-corrected chi connectivity index (χ0v) is 22.2. The minimum absolute atomic E-state index is 0.0839. The van der Waals surface area contributed by atoms with E-state index < -0.39 is 0 Å². The molecule has 2 aliphatic heterocycles. The van der Waals surface area contributed by atoms with Crippen molar-refractivity contribution in [1.82, 2.24) is 29.9 Å². The van der Waals surface area contributed by atoms with Crippen LogP contribution < -0.4 is 15.8 Å². The molecule has 2 atom stereocenters. The van der Waals surface area contributed by atoms with E-state index in [1.165, 1.54) is 17.5 Å². The summed E-state index contributed by atoms with van der Waals surface area (Å²) in [7, 11) is 0. The lowest BCUT2D eigenvalue weighted by atomic mass is 9.78. The van der Waals surface area contributed by atoms with Gasteiger partial charge in [0.2, 0.25) is 0 Å². The molecule has 1 aliphatic carbocycles. The Morgan fingerprint density at radius 3 is 2.51 bits per heavy atom. The van der Waals surface area contributed by atoms with Crippen molar-refractivity contribution in [2.75, 3.05) is 37.7 Å². The number of ether oxygens (including phenoxy) is 1. The fraction of sp³-hybridized carbons (Fsp3) is 0.400. The molecule has 3 aliphatic rings. The van der Waals surface area contributed by atoms with Gasteiger partial charge in [0.05, 0.1) is 42.4 Å². The third-order valence-electron chi connectivity index (χ3n) is 8.23. The number of hydrogen-bond acceptors (Lipinski definition) is 7. The first-order valence-corrected chi connectivity index (χ1v) is 13.8. The van der Waals surface area contributed by atoms with Crippen LogP contribution in [0.5, 0.6) is 0 Å². The standard InChI is InChI=1S/C30H33N7O2/c1-21-4-6-22(7-5-21)26-15-27(26)31-12-2-3-23-16-36(24-8-10-25(11-9-24)37-14-13-32-34-37)29(38)28(33-23)35-17-30(18-35)19-39-20-30/h4-11,13-14,16,26-27,31H,2-3,12,15,17-20H2,1H3/t26-,27+/m0/s1. The van der Waals surface area contributed by atoms with E-state index in [9.17, 15) is 4.79 Å². The summed E-state index contributed by atoms with van der Waals surface area (Å²) < 4.78 is 8.88. The van der Waals surface area contributed by atoms with E-state index in [1.807, 2.05) is 30.5 Å². The SMILES string of the molecule is Cc1ccc([C@@H]2C[C@H]2NCCCc2cn(-c3ccc(-n4ccnn4)cc3)c(=O)c(N3CC4(COC4)C3)n2)cc1. The fourth-order valence-electron chi connectivity index (χ4n) is 5.80. The van der Waals surface area contributed by atoms with Crippen molar-refractivity contribution in [1.29, 1.82) is 0 Å².